The molecule has 0 saturated carbocycles. The maximum Gasteiger partial charge on any atom is 0.344 e. The van der Waals surface area contributed by atoms with Crippen LogP contribution >= 0.6 is 0 Å². The summed E-state index contributed by atoms with van der Waals surface area (Å²) in [4.78, 5) is 70.9. The summed E-state index contributed by atoms with van der Waals surface area (Å²) in [5.74, 6) is -5.40. The number of fused-ring (bicyclic) bond motifs is 4. The number of ether oxygens (including phenoxy) is 3. The molecular formula is C50H72F2N4O8. The van der Waals surface area contributed by atoms with Crippen molar-refractivity contribution >= 4 is 29.7 Å². The van der Waals surface area contributed by atoms with E-state index in [1.54, 1.807) is 23.1 Å². The number of halogens is 2. The Balaban J connectivity index is 0.00000149. The maximum atomic E-state index is 14.5. The first kappa shape index (κ1) is 52.9. The van der Waals surface area contributed by atoms with Crippen LogP contribution in [-0.2, 0) is 33.0 Å². The average Bonchev–Trinajstić information content (AvgIpc) is 3.37. The number of hydrogen-bond acceptors (Lipinski definition) is 9. The molecule has 0 unspecified atom stereocenters. The normalized spacial score (nSPS) is 18.5. The van der Waals surface area contributed by atoms with Gasteiger partial charge in [0, 0.05) is 62.2 Å². The van der Waals surface area contributed by atoms with Crippen LogP contribution in [0.1, 0.15) is 183 Å². The lowest BCUT2D eigenvalue weighted by atomic mass is 9.66. The van der Waals surface area contributed by atoms with E-state index in [4.69, 9.17) is 19.6 Å². The summed E-state index contributed by atoms with van der Waals surface area (Å²) in [6, 6.07) is 8.81. The molecular weight excluding hydrogens is 823 g/mol. The average molecular weight is 895 g/mol. The number of unbranched alkanes of at least 4 members (excludes halogenated alkanes) is 7. The van der Waals surface area contributed by atoms with E-state index in [9.17, 15) is 32.8 Å². The fraction of sp³-hybridized carbons (Fsp3) is 0.560. The highest BCUT2D eigenvalue weighted by molar-refractivity contribution is 6.01. The topological polar surface area (TPSA) is 157 Å². The van der Waals surface area contributed by atoms with Crippen molar-refractivity contribution in [2.75, 3.05) is 13.7 Å². The van der Waals surface area contributed by atoms with Gasteiger partial charge in [-0.1, -0.05) is 117 Å². The molecule has 2 amide bonds. The lowest BCUT2D eigenvalue weighted by Gasteiger charge is -2.52. The molecule has 3 atom stereocenters. The van der Waals surface area contributed by atoms with E-state index in [1.807, 2.05) is 34.6 Å². The number of nitrogens with zero attached hydrogens (tertiary/aromatic N) is 2. The molecule has 12 nitrogen and oxygen atoms in total. The Morgan fingerprint density at radius 2 is 1.55 bits per heavy atom. The Bertz CT molecular complexity index is 2140. The zero-order chi connectivity index (χ0) is 47.6. The smallest absolute Gasteiger partial charge is 0.344 e. The molecule has 1 saturated heterocycles. The van der Waals surface area contributed by atoms with Crippen molar-refractivity contribution in [2.24, 2.45) is 5.41 Å². The van der Waals surface area contributed by atoms with E-state index in [0.29, 0.717) is 30.9 Å². The van der Waals surface area contributed by atoms with Crippen LogP contribution < -0.4 is 15.5 Å². The van der Waals surface area contributed by atoms with Crippen LogP contribution in [0.5, 0.6) is 5.75 Å². The summed E-state index contributed by atoms with van der Waals surface area (Å²) in [6.07, 6.45) is 13.0. The highest BCUT2D eigenvalue weighted by Crippen LogP contribution is 2.51. The predicted octanol–water partition coefficient (Wildman–Crippen LogP) is 10.9. The quantitative estimate of drug-likeness (QED) is 0.0553. The monoisotopic (exact) mass is 895 g/mol. The Kier molecular flexibility index (Phi) is 20.8. The van der Waals surface area contributed by atoms with Crippen LogP contribution in [0, 0.1) is 22.5 Å². The van der Waals surface area contributed by atoms with Gasteiger partial charge in [0.15, 0.2) is 11.6 Å². The van der Waals surface area contributed by atoms with Gasteiger partial charge in [-0.3, -0.25) is 24.6 Å². The Labute approximate surface area is 379 Å². The molecule has 2 aliphatic rings. The number of pyridine rings is 1. The third-order valence-corrected chi connectivity index (χ3v) is 12.3. The number of hydrogen-bond donors (Lipinski definition) is 2. The summed E-state index contributed by atoms with van der Waals surface area (Å²) < 4.78 is 46.2. The first-order chi connectivity index (χ1) is 30.5. The number of aromatic nitrogens is 1. The first-order valence-electron chi connectivity index (χ1n) is 23.0. The zero-order valence-corrected chi connectivity index (χ0v) is 39.4. The van der Waals surface area contributed by atoms with Crippen LogP contribution in [0.25, 0.3) is 0 Å². The summed E-state index contributed by atoms with van der Waals surface area (Å²) in [7, 11) is 1.40. The van der Waals surface area contributed by atoms with Crippen molar-refractivity contribution in [2.45, 2.75) is 164 Å². The summed E-state index contributed by atoms with van der Waals surface area (Å²) in [6.45, 7) is 15.7. The van der Waals surface area contributed by atoms with Gasteiger partial charge in [0.25, 0.3) is 11.8 Å². The van der Waals surface area contributed by atoms with Crippen molar-refractivity contribution < 1.29 is 43.6 Å². The number of esters is 2. The molecule has 2 aromatic carbocycles. The Morgan fingerprint density at radius 1 is 0.906 bits per heavy atom. The molecule has 14 heteroatoms. The molecule has 0 spiro atoms. The second-order valence-corrected chi connectivity index (χ2v) is 16.9. The van der Waals surface area contributed by atoms with E-state index in [-0.39, 0.29) is 56.2 Å². The van der Waals surface area contributed by atoms with E-state index < -0.39 is 69.6 Å². The fourth-order valence-electron chi connectivity index (χ4n) is 8.08. The van der Waals surface area contributed by atoms with Crippen LogP contribution in [-0.4, -0.2) is 58.8 Å². The van der Waals surface area contributed by atoms with Crippen molar-refractivity contribution in [3.05, 3.63) is 98.5 Å². The molecule has 1 fully saturated rings. The lowest BCUT2D eigenvalue weighted by molar-refractivity contribution is -0.145. The van der Waals surface area contributed by atoms with E-state index >= 15 is 0 Å². The largest absolute Gasteiger partial charge is 0.484 e. The van der Waals surface area contributed by atoms with E-state index in [0.717, 1.165) is 37.8 Å². The predicted molar refractivity (Wildman–Crippen MR) is 247 cm³/mol. The van der Waals surface area contributed by atoms with Crippen molar-refractivity contribution in [3.63, 3.8) is 0 Å². The third kappa shape index (κ3) is 13.1. The summed E-state index contributed by atoms with van der Waals surface area (Å²) >= 11 is 0. The number of nitrogens with one attached hydrogen (secondary N) is 2. The third-order valence-electron chi connectivity index (χ3n) is 12.3. The number of benzene rings is 2. The first-order valence-corrected chi connectivity index (χ1v) is 23.0. The molecule has 64 heavy (non-hydrogen) atoms. The second-order valence-electron chi connectivity index (χ2n) is 16.9. The van der Waals surface area contributed by atoms with Gasteiger partial charge in [-0.25, -0.2) is 13.6 Å². The Morgan fingerprint density at radius 3 is 2.19 bits per heavy atom. The molecule has 2 bridgehead atoms. The summed E-state index contributed by atoms with van der Waals surface area (Å²) in [5, 5.41) is 11.0. The minimum Gasteiger partial charge on any atom is -0.484 e. The molecule has 2 aliphatic heterocycles. The van der Waals surface area contributed by atoms with Gasteiger partial charge in [-0.15, -0.1) is 0 Å². The van der Waals surface area contributed by atoms with Crippen molar-refractivity contribution in [3.8, 4) is 5.75 Å². The van der Waals surface area contributed by atoms with E-state index in [1.165, 1.54) is 49.6 Å². The van der Waals surface area contributed by atoms with Crippen LogP contribution in [0.15, 0.2) is 53.5 Å². The van der Waals surface area contributed by atoms with Crippen molar-refractivity contribution in [1.29, 1.82) is 5.41 Å². The number of carbonyl (C=O) groups excluding carboxylic acids is 4. The van der Waals surface area contributed by atoms with Crippen molar-refractivity contribution in [1.82, 2.24) is 14.8 Å². The molecule has 3 heterocycles. The lowest BCUT2D eigenvalue weighted by Crippen LogP contribution is -2.60. The van der Waals surface area contributed by atoms with E-state index in [2.05, 4.69) is 26.1 Å². The molecule has 1 aromatic heterocycles. The second kappa shape index (κ2) is 25.2. The molecule has 354 valence electrons. The molecule has 2 N–H and O–H groups in total. The number of amides is 2. The van der Waals surface area contributed by atoms with Gasteiger partial charge in [-0.2, -0.15) is 0 Å². The number of carbonyl (C=O) groups is 4. The van der Waals surface area contributed by atoms with Gasteiger partial charge >= 0.3 is 11.9 Å². The van der Waals surface area contributed by atoms with Crippen LogP contribution in [0.3, 0.4) is 0 Å². The minimum atomic E-state index is -1.08. The van der Waals surface area contributed by atoms with Crippen LogP contribution in [0.4, 0.5) is 8.78 Å². The number of methoxy groups -OCH3 is 1. The van der Waals surface area contributed by atoms with Crippen LogP contribution in [0.2, 0.25) is 0 Å². The van der Waals surface area contributed by atoms with Gasteiger partial charge in [0.2, 0.25) is 11.2 Å². The molecule has 0 aliphatic carbocycles. The maximum absolute atomic E-state index is 14.5. The SMILES string of the molecule is CC.CCCCCC.CCCCCCCC(=O)OCc1ccccc1C(=O)Oc1c2n(cc(C(=O)NCc3ccc(F)cc3F)c1=O)[C@]1(C)CN(C2=O)[C@@H](C)CC[C@]1(C)CC(=N)OC.[HH]. The minimum absolute atomic E-state index is 0. The number of rotatable bonds is 18. The van der Waals surface area contributed by atoms with Gasteiger partial charge in [0.05, 0.1) is 18.2 Å². The van der Waals surface area contributed by atoms with Gasteiger partial charge < -0.3 is 29.0 Å². The standard InChI is InChI=1S/C42H50F2N4O8.C6H14.C2H6.H2/c1-6-7-8-9-10-15-34(49)55-24-28-13-11-12-14-30(28)40(53)56-37-35-39(52)47-25-42(4,41(3,19-18-26(47)2)21-33(45)54-5)48(35)23-31(36(37)50)38(51)46-22-27-16-17-29(43)20-32(27)44;1-3-5-6-4-2;1-2;/h11-14,16-17,20,23,26,45H,6-10,15,18-19,21-22,24-25H2,1-5H3,(H,46,51);3-6H2,1-2H3;1-2H3;1H/t26-,41+,42+;;;/m0.../s1. The zero-order valence-electron chi connectivity index (χ0n) is 39.4. The Hall–Kier alpha value is -5.40. The summed E-state index contributed by atoms with van der Waals surface area (Å²) in [5.41, 5.74) is -3.45. The van der Waals surface area contributed by atoms with Gasteiger partial charge in [0.1, 0.15) is 23.8 Å². The molecule has 5 rings (SSSR count). The highest BCUT2D eigenvalue weighted by Gasteiger charge is 2.55. The fourth-order valence-corrected chi connectivity index (χ4v) is 8.08. The molecule has 3 aromatic rings. The highest BCUT2D eigenvalue weighted by atomic mass is 19.1. The van der Waals surface area contributed by atoms with Gasteiger partial charge in [-0.05, 0) is 45.2 Å². The molecule has 0 radical (unpaired) electrons.